The van der Waals surface area contributed by atoms with Gasteiger partial charge >= 0.3 is 11.9 Å². The molecule has 0 spiro atoms. The molecule has 0 unspecified atom stereocenters. The number of ketones is 1. The Hall–Kier alpha value is -1.43. The molecule has 0 saturated carbocycles. The molecule has 108 valence electrons. The summed E-state index contributed by atoms with van der Waals surface area (Å²) >= 11 is 0. The minimum atomic E-state index is -0.953. The lowest BCUT2D eigenvalue weighted by Gasteiger charge is -2.36. The summed E-state index contributed by atoms with van der Waals surface area (Å²) in [6, 6.07) is -0.709. The monoisotopic (exact) mass is 271 g/mol. The Balaban J connectivity index is 2.92. The van der Waals surface area contributed by atoms with Gasteiger partial charge in [-0.25, -0.2) is 0 Å². The van der Waals surface area contributed by atoms with E-state index in [1.54, 1.807) is 27.7 Å². The van der Waals surface area contributed by atoms with Crippen LogP contribution in [0.15, 0.2) is 0 Å². The molecule has 1 aliphatic heterocycles. The highest BCUT2D eigenvalue weighted by molar-refractivity contribution is 6.10. The van der Waals surface area contributed by atoms with Gasteiger partial charge in [-0.1, -0.05) is 0 Å². The van der Waals surface area contributed by atoms with Gasteiger partial charge in [-0.2, -0.15) is 0 Å². The summed E-state index contributed by atoms with van der Waals surface area (Å²) in [4.78, 5) is 36.0. The Labute approximate surface area is 112 Å². The number of rotatable bonds is 4. The van der Waals surface area contributed by atoms with Crippen molar-refractivity contribution in [3.8, 4) is 0 Å². The number of nitrogens with one attached hydrogen (secondary N) is 1. The zero-order valence-electron chi connectivity index (χ0n) is 11.8. The number of hydrogen-bond acceptors (Lipinski definition) is 6. The van der Waals surface area contributed by atoms with E-state index in [9.17, 15) is 14.4 Å². The van der Waals surface area contributed by atoms with Crippen LogP contribution in [0.4, 0.5) is 0 Å². The molecule has 0 bridgehead atoms. The third kappa shape index (κ3) is 3.32. The number of carbonyl (C=O) groups excluding carboxylic acids is 3. The number of ether oxygens (including phenoxy) is 2. The molecular formula is C13H21NO5. The van der Waals surface area contributed by atoms with E-state index < -0.39 is 29.6 Å². The van der Waals surface area contributed by atoms with Crippen LogP contribution in [0.25, 0.3) is 0 Å². The first kappa shape index (κ1) is 15.6. The minimum Gasteiger partial charge on any atom is -0.465 e. The highest BCUT2D eigenvalue weighted by Gasteiger charge is 2.48. The normalized spacial score (nSPS) is 30.8. The van der Waals surface area contributed by atoms with Crippen molar-refractivity contribution in [1.29, 1.82) is 0 Å². The maximum absolute atomic E-state index is 12.3. The van der Waals surface area contributed by atoms with Crippen LogP contribution in [-0.4, -0.2) is 43.0 Å². The van der Waals surface area contributed by atoms with E-state index in [1.165, 1.54) is 0 Å². The van der Waals surface area contributed by atoms with Gasteiger partial charge in [-0.05, 0) is 27.7 Å². The molecule has 0 aromatic heterocycles. The third-order valence-corrected chi connectivity index (χ3v) is 3.22. The molecule has 1 fully saturated rings. The lowest BCUT2D eigenvalue weighted by atomic mass is 9.79. The molecule has 6 heteroatoms. The Kier molecular flexibility index (Phi) is 5.47. The fourth-order valence-electron chi connectivity index (χ4n) is 2.40. The quantitative estimate of drug-likeness (QED) is 0.585. The zero-order valence-corrected chi connectivity index (χ0v) is 11.8. The van der Waals surface area contributed by atoms with Gasteiger partial charge in [0.15, 0.2) is 5.78 Å². The number of esters is 2. The van der Waals surface area contributed by atoms with Crippen LogP contribution >= 0.6 is 0 Å². The summed E-state index contributed by atoms with van der Waals surface area (Å²) < 4.78 is 9.79. The average Bonchev–Trinajstić information content (AvgIpc) is 2.28. The van der Waals surface area contributed by atoms with E-state index in [-0.39, 0.29) is 25.3 Å². The number of piperidine rings is 1. The molecular weight excluding hydrogens is 250 g/mol. The Bertz CT molecular complexity index is 336. The Morgan fingerprint density at radius 3 is 1.68 bits per heavy atom. The van der Waals surface area contributed by atoms with Crippen molar-refractivity contribution in [2.45, 2.75) is 39.8 Å². The average molecular weight is 271 g/mol. The fraction of sp³-hybridized carbons (Fsp3) is 0.769. The van der Waals surface area contributed by atoms with Gasteiger partial charge in [-0.3, -0.25) is 14.4 Å². The summed E-state index contributed by atoms with van der Waals surface area (Å²) in [7, 11) is 0. The van der Waals surface area contributed by atoms with Crippen molar-refractivity contribution < 1.29 is 23.9 Å². The minimum absolute atomic E-state index is 0.203. The highest BCUT2D eigenvalue weighted by Crippen LogP contribution is 2.24. The van der Waals surface area contributed by atoms with Crippen molar-refractivity contribution in [2.24, 2.45) is 11.8 Å². The van der Waals surface area contributed by atoms with Gasteiger partial charge in [0.05, 0.1) is 13.2 Å². The van der Waals surface area contributed by atoms with Gasteiger partial charge in [-0.15, -0.1) is 0 Å². The Morgan fingerprint density at radius 2 is 1.37 bits per heavy atom. The van der Waals surface area contributed by atoms with Crippen molar-refractivity contribution in [2.75, 3.05) is 13.2 Å². The van der Waals surface area contributed by atoms with Crippen molar-refractivity contribution in [3.63, 3.8) is 0 Å². The SMILES string of the molecule is CCOC(=O)[C@@H]1C(=O)[C@H](C(=O)OCC)[C@H](C)N[C@H]1C. The van der Waals surface area contributed by atoms with Crippen LogP contribution in [0.3, 0.4) is 0 Å². The molecule has 19 heavy (non-hydrogen) atoms. The predicted octanol–water partition coefficient (Wildman–Crippen LogP) is 0.294. The van der Waals surface area contributed by atoms with Gasteiger partial charge in [0.1, 0.15) is 11.8 Å². The van der Waals surface area contributed by atoms with Gasteiger partial charge in [0, 0.05) is 12.1 Å². The van der Waals surface area contributed by atoms with Crippen LogP contribution in [-0.2, 0) is 23.9 Å². The van der Waals surface area contributed by atoms with Crippen LogP contribution in [0.5, 0.6) is 0 Å². The van der Waals surface area contributed by atoms with E-state index in [4.69, 9.17) is 9.47 Å². The first-order valence-electron chi connectivity index (χ1n) is 6.57. The predicted molar refractivity (Wildman–Crippen MR) is 67.3 cm³/mol. The van der Waals surface area contributed by atoms with Gasteiger partial charge in [0.2, 0.25) is 0 Å². The Morgan fingerprint density at radius 1 is 1.00 bits per heavy atom. The molecule has 1 heterocycles. The summed E-state index contributed by atoms with van der Waals surface area (Å²) in [6.45, 7) is 7.22. The molecule has 1 rings (SSSR count). The summed E-state index contributed by atoms with van der Waals surface area (Å²) in [6.07, 6.45) is 0. The van der Waals surface area contributed by atoms with E-state index in [1.807, 2.05) is 0 Å². The highest BCUT2D eigenvalue weighted by atomic mass is 16.5. The molecule has 1 N–H and O–H groups in total. The third-order valence-electron chi connectivity index (χ3n) is 3.22. The molecule has 0 aliphatic carbocycles. The second-order valence-corrected chi connectivity index (χ2v) is 4.61. The molecule has 0 radical (unpaired) electrons. The summed E-state index contributed by atoms with van der Waals surface area (Å²) in [5, 5.41) is 3.07. The first-order chi connectivity index (χ1) is 8.93. The van der Waals surface area contributed by atoms with Crippen LogP contribution in [0.2, 0.25) is 0 Å². The van der Waals surface area contributed by atoms with E-state index >= 15 is 0 Å². The standard InChI is InChI=1S/C13H21NO5/c1-5-18-12(16)9-7(3)14-8(4)10(11(9)15)13(17)19-6-2/h7-10,14H,5-6H2,1-4H3/t7-,8-,9-,10+/m0/s1. The van der Waals surface area contributed by atoms with Crippen LogP contribution in [0.1, 0.15) is 27.7 Å². The largest absolute Gasteiger partial charge is 0.465 e. The molecule has 1 aliphatic rings. The fourth-order valence-corrected chi connectivity index (χ4v) is 2.40. The molecule has 0 amide bonds. The maximum atomic E-state index is 12.3. The number of carbonyl (C=O) groups is 3. The summed E-state index contributed by atoms with van der Waals surface area (Å²) in [5.41, 5.74) is 0. The summed E-state index contributed by atoms with van der Waals surface area (Å²) in [5.74, 6) is -3.51. The van der Waals surface area contributed by atoms with E-state index in [0.717, 1.165) is 0 Å². The zero-order chi connectivity index (χ0) is 14.6. The van der Waals surface area contributed by atoms with Crippen molar-refractivity contribution in [3.05, 3.63) is 0 Å². The smallest absolute Gasteiger partial charge is 0.318 e. The van der Waals surface area contributed by atoms with E-state index in [0.29, 0.717) is 0 Å². The lowest BCUT2D eigenvalue weighted by Crippen LogP contribution is -2.60. The van der Waals surface area contributed by atoms with Crippen LogP contribution in [0, 0.1) is 11.8 Å². The van der Waals surface area contributed by atoms with Crippen molar-refractivity contribution in [1.82, 2.24) is 5.32 Å². The number of Topliss-reactive ketones (excluding diaryl/α,β-unsaturated/α-hetero) is 1. The topological polar surface area (TPSA) is 81.7 Å². The van der Waals surface area contributed by atoms with Crippen LogP contribution < -0.4 is 5.32 Å². The van der Waals surface area contributed by atoms with Gasteiger partial charge in [0.25, 0.3) is 0 Å². The molecule has 0 aromatic carbocycles. The second kappa shape index (κ2) is 6.65. The second-order valence-electron chi connectivity index (χ2n) is 4.61. The van der Waals surface area contributed by atoms with Crippen molar-refractivity contribution >= 4 is 17.7 Å². The molecule has 1 saturated heterocycles. The molecule has 0 aromatic rings. The number of hydrogen-bond donors (Lipinski definition) is 1. The molecule has 4 atom stereocenters. The first-order valence-corrected chi connectivity index (χ1v) is 6.57. The van der Waals surface area contributed by atoms with E-state index in [2.05, 4.69) is 5.32 Å². The molecule has 6 nitrogen and oxygen atoms in total. The lowest BCUT2D eigenvalue weighted by molar-refractivity contribution is -0.161. The maximum Gasteiger partial charge on any atom is 0.318 e. The van der Waals surface area contributed by atoms with Gasteiger partial charge < -0.3 is 14.8 Å².